The second-order valence-electron chi connectivity index (χ2n) is 4.64. The van der Waals surface area contributed by atoms with E-state index in [4.69, 9.17) is 0 Å². The maximum absolute atomic E-state index is 12.0. The number of carbonyl (C=O) groups excluding carboxylic acids is 1. The predicted molar refractivity (Wildman–Crippen MR) is 81.9 cm³/mol. The van der Waals surface area contributed by atoms with Gasteiger partial charge >= 0.3 is 0 Å². The monoisotopic (exact) mass is 317 g/mol. The lowest BCUT2D eigenvalue weighted by molar-refractivity contribution is -0.384. The van der Waals surface area contributed by atoms with Crippen LogP contribution in [-0.2, 0) is 11.3 Å². The van der Waals surface area contributed by atoms with Gasteiger partial charge in [-0.2, -0.15) is 5.10 Å². The summed E-state index contributed by atoms with van der Waals surface area (Å²) in [5.74, 6) is -0.286. The van der Waals surface area contributed by atoms with E-state index in [0.29, 0.717) is 10.6 Å². The Balaban J connectivity index is 1.82. The minimum atomic E-state index is -0.477. The summed E-state index contributed by atoms with van der Waals surface area (Å²) in [7, 11) is 0. The number of thiazole rings is 1. The first-order valence-corrected chi connectivity index (χ1v) is 7.23. The molecule has 22 heavy (non-hydrogen) atoms. The lowest BCUT2D eigenvalue weighted by Gasteiger charge is -2.03. The van der Waals surface area contributed by atoms with Crippen molar-refractivity contribution < 1.29 is 9.72 Å². The molecule has 1 N–H and O–H groups in total. The molecule has 0 atom stereocenters. The highest BCUT2D eigenvalue weighted by Crippen LogP contribution is 2.21. The van der Waals surface area contributed by atoms with Crippen molar-refractivity contribution in [2.75, 3.05) is 5.32 Å². The number of nitro groups is 1. The van der Waals surface area contributed by atoms with E-state index in [9.17, 15) is 14.9 Å². The summed E-state index contributed by atoms with van der Waals surface area (Å²) in [4.78, 5) is 26.5. The molecule has 0 unspecified atom stereocenters. The van der Waals surface area contributed by atoms with Gasteiger partial charge in [-0.15, -0.1) is 11.3 Å². The van der Waals surface area contributed by atoms with Gasteiger partial charge in [0.05, 0.1) is 22.3 Å². The molecule has 112 valence electrons. The van der Waals surface area contributed by atoms with Crippen molar-refractivity contribution >= 4 is 39.0 Å². The van der Waals surface area contributed by atoms with Crippen molar-refractivity contribution in [2.45, 2.75) is 13.5 Å². The summed E-state index contributed by atoms with van der Waals surface area (Å²) >= 11 is 1.34. The van der Waals surface area contributed by atoms with Crippen LogP contribution < -0.4 is 5.32 Å². The number of non-ortho nitro benzene ring substituents is 1. The Hall–Kier alpha value is -2.81. The molecule has 0 spiro atoms. The van der Waals surface area contributed by atoms with E-state index in [2.05, 4.69) is 15.4 Å². The van der Waals surface area contributed by atoms with Crippen LogP contribution in [0, 0.1) is 17.0 Å². The zero-order chi connectivity index (χ0) is 15.7. The second kappa shape index (κ2) is 5.53. The Bertz CT molecular complexity index is 870. The van der Waals surface area contributed by atoms with E-state index in [1.54, 1.807) is 12.3 Å². The SMILES string of the molecule is Cc1csc(NC(=O)Cn2ncc3ccc([N+](=O)[O-])cc32)n1. The van der Waals surface area contributed by atoms with Crippen LogP contribution in [0.1, 0.15) is 5.69 Å². The first kappa shape index (κ1) is 14.1. The number of anilines is 1. The number of nitrogens with zero attached hydrogens (tertiary/aromatic N) is 4. The molecule has 0 aliphatic carbocycles. The van der Waals surface area contributed by atoms with Crippen LogP contribution >= 0.6 is 11.3 Å². The highest BCUT2D eigenvalue weighted by atomic mass is 32.1. The minimum Gasteiger partial charge on any atom is -0.300 e. The molecular formula is C13H11N5O3S. The molecule has 0 fully saturated rings. The number of hydrogen-bond acceptors (Lipinski definition) is 6. The maximum Gasteiger partial charge on any atom is 0.271 e. The van der Waals surface area contributed by atoms with Gasteiger partial charge in [-0.3, -0.25) is 19.6 Å². The molecule has 2 heterocycles. The highest BCUT2D eigenvalue weighted by molar-refractivity contribution is 7.13. The predicted octanol–water partition coefficient (Wildman–Crippen LogP) is 2.35. The molecule has 0 saturated carbocycles. The van der Waals surface area contributed by atoms with E-state index in [1.165, 1.54) is 28.2 Å². The van der Waals surface area contributed by atoms with Gasteiger partial charge in [-0.1, -0.05) is 0 Å². The molecule has 0 bridgehead atoms. The Kier molecular flexibility index (Phi) is 3.55. The third kappa shape index (κ3) is 2.79. The lowest BCUT2D eigenvalue weighted by Crippen LogP contribution is -2.19. The van der Waals surface area contributed by atoms with E-state index in [1.807, 2.05) is 12.3 Å². The van der Waals surface area contributed by atoms with Crippen LogP contribution in [0.3, 0.4) is 0 Å². The maximum atomic E-state index is 12.0. The number of nitro benzene ring substituents is 1. The Morgan fingerprint density at radius 3 is 3.00 bits per heavy atom. The quantitative estimate of drug-likeness (QED) is 0.587. The number of carbonyl (C=O) groups is 1. The number of fused-ring (bicyclic) bond motifs is 1. The van der Waals surface area contributed by atoms with E-state index >= 15 is 0 Å². The molecule has 3 rings (SSSR count). The van der Waals surface area contributed by atoms with Gasteiger partial charge in [-0.25, -0.2) is 4.98 Å². The lowest BCUT2D eigenvalue weighted by atomic mass is 10.2. The van der Waals surface area contributed by atoms with E-state index in [0.717, 1.165) is 11.1 Å². The number of aryl methyl sites for hydroxylation is 1. The van der Waals surface area contributed by atoms with Crippen molar-refractivity contribution in [3.8, 4) is 0 Å². The summed E-state index contributed by atoms with van der Waals surface area (Å²) in [5, 5.41) is 20.7. The van der Waals surface area contributed by atoms with Crippen molar-refractivity contribution in [3.05, 3.63) is 45.6 Å². The van der Waals surface area contributed by atoms with Crippen molar-refractivity contribution in [1.82, 2.24) is 14.8 Å². The fourth-order valence-electron chi connectivity index (χ4n) is 2.00. The van der Waals surface area contributed by atoms with Gasteiger partial charge in [-0.05, 0) is 13.0 Å². The molecule has 0 radical (unpaired) electrons. The summed E-state index contributed by atoms with van der Waals surface area (Å²) in [6.07, 6.45) is 1.57. The largest absolute Gasteiger partial charge is 0.300 e. The average Bonchev–Trinajstić information content (AvgIpc) is 3.05. The topological polar surface area (TPSA) is 103 Å². The summed E-state index contributed by atoms with van der Waals surface area (Å²) in [5.41, 5.74) is 1.34. The fourth-order valence-corrected chi connectivity index (χ4v) is 2.71. The number of nitrogens with one attached hydrogen (secondary N) is 1. The molecule has 0 aliphatic heterocycles. The van der Waals surface area contributed by atoms with Crippen LogP contribution in [0.2, 0.25) is 0 Å². The second-order valence-corrected chi connectivity index (χ2v) is 5.50. The number of rotatable bonds is 4. The molecule has 1 aromatic carbocycles. The van der Waals surface area contributed by atoms with Gasteiger partial charge in [0.25, 0.3) is 5.69 Å². The molecule has 1 amide bonds. The van der Waals surface area contributed by atoms with E-state index < -0.39 is 4.92 Å². The van der Waals surface area contributed by atoms with Gasteiger partial charge in [0, 0.05) is 22.9 Å². The van der Waals surface area contributed by atoms with Crippen LogP contribution in [-0.4, -0.2) is 25.6 Å². The first-order valence-electron chi connectivity index (χ1n) is 6.35. The molecule has 8 nitrogen and oxygen atoms in total. The molecule has 3 aromatic rings. The van der Waals surface area contributed by atoms with Crippen LogP contribution in [0.5, 0.6) is 0 Å². The Morgan fingerprint density at radius 2 is 2.32 bits per heavy atom. The Morgan fingerprint density at radius 1 is 1.50 bits per heavy atom. The van der Waals surface area contributed by atoms with Crippen LogP contribution in [0.15, 0.2) is 29.8 Å². The molecule has 9 heteroatoms. The van der Waals surface area contributed by atoms with Gasteiger partial charge in [0.15, 0.2) is 5.13 Å². The summed E-state index contributed by atoms with van der Waals surface area (Å²) < 4.78 is 1.43. The molecular weight excluding hydrogens is 306 g/mol. The standard InChI is InChI=1S/C13H11N5O3S/c1-8-7-22-13(15-8)16-12(19)6-17-11-4-10(18(20)21)3-2-9(11)5-14-17/h2-5,7H,6H2,1H3,(H,15,16,19). The highest BCUT2D eigenvalue weighted by Gasteiger charge is 2.13. The van der Waals surface area contributed by atoms with Crippen molar-refractivity contribution in [3.63, 3.8) is 0 Å². The zero-order valence-electron chi connectivity index (χ0n) is 11.5. The Labute approximate surface area is 128 Å². The van der Waals surface area contributed by atoms with Gasteiger partial charge in [0.2, 0.25) is 5.91 Å². The van der Waals surface area contributed by atoms with Crippen molar-refractivity contribution in [1.29, 1.82) is 0 Å². The fraction of sp³-hybridized carbons (Fsp3) is 0.154. The number of hydrogen-bond donors (Lipinski definition) is 1. The smallest absolute Gasteiger partial charge is 0.271 e. The number of benzene rings is 1. The summed E-state index contributed by atoms with van der Waals surface area (Å²) in [6, 6.07) is 4.43. The van der Waals surface area contributed by atoms with Gasteiger partial charge < -0.3 is 5.32 Å². The normalized spacial score (nSPS) is 10.8. The third-order valence-corrected chi connectivity index (χ3v) is 3.87. The van der Waals surface area contributed by atoms with Gasteiger partial charge in [0.1, 0.15) is 6.54 Å². The van der Waals surface area contributed by atoms with E-state index in [-0.39, 0.29) is 18.1 Å². The zero-order valence-corrected chi connectivity index (χ0v) is 12.3. The molecule has 0 aliphatic rings. The third-order valence-electron chi connectivity index (χ3n) is 3.00. The minimum absolute atomic E-state index is 0.0368. The summed E-state index contributed by atoms with van der Waals surface area (Å²) in [6.45, 7) is 1.80. The molecule has 2 aromatic heterocycles. The average molecular weight is 317 g/mol. The number of amides is 1. The van der Waals surface area contributed by atoms with Crippen LogP contribution in [0.4, 0.5) is 10.8 Å². The number of aromatic nitrogens is 3. The molecule has 0 saturated heterocycles. The van der Waals surface area contributed by atoms with Crippen LogP contribution in [0.25, 0.3) is 10.9 Å². The first-order chi connectivity index (χ1) is 10.5. The van der Waals surface area contributed by atoms with Crippen molar-refractivity contribution in [2.24, 2.45) is 0 Å².